The molecule has 0 radical (unpaired) electrons. The van der Waals surface area contributed by atoms with E-state index < -0.39 is 21.0 Å². The molecule has 0 fully saturated rings. The van der Waals surface area contributed by atoms with E-state index in [1.807, 2.05) is 0 Å². The molecule has 2 N–H and O–H groups in total. The summed E-state index contributed by atoms with van der Waals surface area (Å²) in [5.41, 5.74) is -0.642. The molecular formula is C13H10N2O4S. The molecule has 0 spiro atoms. The predicted molar refractivity (Wildman–Crippen MR) is 75.8 cm³/mol. The zero-order valence-corrected chi connectivity index (χ0v) is 11.2. The molecule has 0 aliphatic heterocycles. The largest absolute Gasteiger partial charge is 0.316 e. The van der Waals surface area contributed by atoms with E-state index in [4.69, 9.17) is 0 Å². The third-order valence-corrected chi connectivity index (χ3v) is 4.27. The molecular weight excluding hydrogens is 280 g/mol. The van der Waals surface area contributed by atoms with Gasteiger partial charge in [-0.2, -0.15) is 0 Å². The van der Waals surface area contributed by atoms with Crippen molar-refractivity contribution in [3.05, 3.63) is 51.0 Å². The van der Waals surface area contributed by atoms with Crippen molar-refractivity contribution in [2.75, 3.05) is 6.26 Å². The molecule has 102 valence electrons. The summed E-state index contributed by atoms with van der Waals surface area (Å²) in [6.07, 6.45) is 1.13. The number of hydrogen-bond acceptors (Lipinski definition) is 4. The quantitative estimate of drug-likeness (QED) is 0.510. The number of hydrogen-bond donors (Lipinski definition) is 2. The van der Waals surface area contributed by atoms with Crippen molar-refractivity contribution >= 4 is 31.6 Å². The molecule has 0 saturated heterocycles. The maximum absolute atomic E-state index is 11.8. The van der Waals surface area contributed by atoms with Gasteiger partial charge in [-0.15, -0.1) is 0 Å². The van der Waals surface area contributed by atoms with E-state index in [0.717, 1.165) is 6.26 Å². The number of rotatable bonds is 1. The number of aromatic nitrogens is 2. The van der Waals surface area contributed by atoms with Crippen LogP contribution >= 0.6 is 0 Å². The smallest absolute Gasteiger partial charge is 0.314 e. The van der Waals surface area contributed by atoms with E-state index in [1.54, 1.807) is 24.3 Å². The first kappa shape index (κ1) is 12.6. The van der Waals surface area contributed by atoms with Gasteiger partial charge in [0.2, 0.25) is 0 Å². The summed E-state index contributed by atoms with van der Waals surface area (Å²) in [6.45, 7) is 0. The summed E-state index contributed by atoms with van der Waals surface area (Å²) < 4.78 is 23.5. The lowest BCUT2D eigenvalue weighted by Gasteiger charge is -2.07. The lowest BCUT2D eigenvalue weighted by Crippen LogP contribution is -2.28. The molecule has 0 atom stereocenters. The van der Waals surface area contributed by atoms with E-state index in [1.165, 1.54) is 6.07 Å². The van der Waals surface area contributed by atoms with Crippen molar-refractivity contribution in [1.82, 2.24) is 9.97 Å². The Morgan fingerprint density at radius 1 is 0.900 bits per heavy atom. The van der Waals surface area contributed by atoms with Gasteiger partial charge >= 0.3 is 11.1 Å². The number of aromatic amines is 2. The number of benzene rings is 2. The molecule has 3 rings (SSSR count). The third kappa shape index (κ3) is 1.83. The Labute approximate surface area is 113 Å². The minimum Gasteiger partial charge on any atom is -0.316 e. The lowest BCUT2D eigenvalue weighted by atomic mass is 10.1. The first-order chi connectivity index (χ1) is 9.38. The van der Waals surface area contributed by atoms with E-state index in [0.29, 0.717) is 21.8 Å². The summed E-state index contributed by atoms with van der Waals surface area (Å²) in [5.74, 6) is 0. The first-order valence-electron chi connectivity index (χ1n) is 5.76. The highest BCUT2D eigenvalue weighted by molar-refractivity contribution is 7.91. The predicted octanol–water partition coefficient (Wildman–Crippen LogP) is 0.773. The van der Waals surface area contributed by atoms with Crippen LogP contribution in [-0.2, 0) is 9.84 Å². The number of H-pyrrole nitrogens is 2. The maximum atomic E-state index is 11.8. The monoisotopic (exact) mass is 290 g/mol. The maximum Gasteiger partial charge on any atom is 0.314 e. The van der Waals surface area contributed by atoms with Crippen LogP contribution in [0.15, 0.2) is 44.8 Å². The molecule has 7 heteroatoms. The molecule has 0 amide bonds. The Balaban J connectivity index is 2.60. The van der Waals surface area contributed by atoms with Gasteiger partial charge in [-0.05, 0) is 12.1 Å². The van der Waals surface area contributed by atoms with Crippen LogP contribution in [0.5, 0.6) is 0 Å². The second-order valence-corrected chi connectivity index (χ2v) is 6.50. The highest BCUT2D eigenvalue weighted by Crippen LogP contribution is 2.27. The van der Waals surface area contributed by atoms with Crippen molar-refractivity contribution in [2.24, 2.45) is 0 Å². The molecule has 3 aromatic rings. The average Bonchev–Trinajstić information content (AvgIpc) is 2.38. The van der Waals surface area contributed by atoms with Crippen LogP contribution in [0.3, 0.4) is 0 Å². The Morgan fingerprint density at radius 3 is 2.30 bits per heavy atom. The van der Waals surface area contributed by atoms with Gasteiger partial charge < -0.3 is 9.97 Å². The van der Waals surface area contributed by atoms with Gasteiger partial charge in [-0.3, -0.25) is 9.59 Å². The first-order valence-corrected chi connectivity index (χ1v) is 7.65. The molecule has 6 nitrogen and oxygen atoms in total. The average molecular weight is 290 g/mol. The fourth-order valence-electron chi connectivity index (χ4n) is 2.24. The molecule has 1 heterocycles. The molecule has 0 bridgehead atoms. The number of sulfone groups is 1. The van der Waals surface area contributed by atoms with E-state index >= 15 is 0 Å². The number of nitrogens with one attached hydrogen (secondary N) is 2. The second kappa shape index (κ2) is 4.04. The highest BCUT2D eigenvalue weighted by atomic mass is 32.2. The van der Waals surface area contributed by atoms with E-state index in [2.05, 4.69) is 9.97 Å². The van der Waals surface area contributed by atoms with Crippen molar-refractivity contribution in [3.63, 3.8) is 0 Å². The fourth-order valence-corrected chi connectivity index (χ4v) is 3.14. The summed E-state index contributed by atoms with van der Waals surface area (Å²) in [4.78, 5) is 27.9. The minimum absolute atomic E-state index is 0.184. The molecule has 0 unspecified atom stereocenters. The standard InChI is InChI=1S/C13H10N2O4S/c1-20(18,19)10-4-2-3-8-7(10)5-6-9-11(8)15-13(17)12(16)14-9/h2-6H,1H3,(H,14,16)(H,15,17). The lowest BCUT2D eigenvalue weighted by molar-refractivity contribution is 0.602. The summed E-state index contributed by atoms with van der Waals surface area (Å²) >= 11 is 0. The van der Waals surface area contributed by atoms with Crippen LogP contribution in [0.25, 0.3) is 21.8 Å². The molecule has 1 aromatic heterocycles. The Kier molecular flexibility index (Phi) is 2.55. The van der Waals surface area contributed by atoms with Crippen LogP contribution < -0.4 is 11.1 Å². The van der Waals surface area contributed by atoms with Crippen LogP contribution in [0.2, 0.25) is 0 Å². The summed E-state index contributed by atoms with van der Waals surface area (Å²) in [5, 5.41) is 1.07. The highest BCUT2D eigenvalue weighted by Gasteiger charge is 2.13. The van der Waals surface area contributed by atoms with Crippen LogP contribution in [0.4, 0.5) is 0 Å². The van der Waals surface area contributed by atoms with Crippen molar-refractivity contribution < 1.29 is 8.42 Å². The fraction of sp³-hybridized carbons (Fsp3) is 0.0769. The topological polar surface area (TPSA) is 99.9 Å². The SMILES string of the molecule is CS(=O)(=O)c1cccc2c1ccc1[nH]c(=O)c(=O)[nH]c12. The van der Waals surface area contributed by atoms with Gasteiger partial charge in [0.05, 0.1) is 15.9 Å². The molecule has 0 aliphatic rings. The van der Waals surface area contributed by atoms with Gasteiger partial charge in [0.25, 0.3) is 0 Å². The zero-order chi connectivity index (χ0) is 14.5. The summed E-state index contributed by atoms with van der Waals surface area (Å²) in [6, 6.07) is 7.99. The van der Waals surface area contributed by atoms with Crippen LogP contribution in [0, 0.1) is 0 Å². The molecule has 20 heavy (non-hydrogen) atoms. The molecule has 0 aliphatic carbocycles. The van der Waals surface area contributed by atoms with Gasteiger partial charge in [0.1, 0.15) is 0 Å². The van der Waals surface area contributed by atoms with Crippen molar-refractivity contribution in [2.45, 2.75) is 4.90 Å². The van der Waals surface area contributed by atoms with Gasteiger partial charge in [0, 0.05) is 17.0 Å². The van der Waals surface area contributed by atoms with Crippen molar-refractivity contribution in [3.8, 4) is 0 Å². The Bertz CT molecular complexity index is 1060. The van der Waals surface area contributed by atoms with Crippen LogP contribution in [0.1, 0.15) is 0 Å². The van der Waals surface area contributed by atoms with Gasteiger partial charge in [0.15, 0.2) is 9.84 Å². The molecule has 0 saturated carbocycles. The molecule has 2 aromatic carbocycles. The zero-order valence-electron chi connectivity index (χ0n) is 10.4. The number of fused-ring (bicyclic) bond motifs is 3. The normalized spacial score (nSPS) is 12.1. The van der Waals surface area contributed by atoms with Crippen LogP contribution in [-0.4, -0.2) is 24.6 Å². The Morgan fingerprint density at radius 2 is 1.60 bits per heavy atom. The minimum atomic E-state index is -3.38. The van der Waals surface area contributed by atoms with E-state index in [-0.39, 0.29) is 4.90 Å². The van der Waals surface area contributed by atoms with Gasteiger partial charge in [-0.25, -0.2) is 8.42 Å². The third-order valence-electron chi connectivity index (χ3n) is 3.11. The van der Waals surface area contributed by atoms with E-state index in [9.17, 15) is 18.0 Å². The van der Waals surface area contributed by atoms with Crippen molar-refractivity contribution in [1.29, 1.82) is 0 Å². The van der Waals surface area contributed by atoms with Gasteiger partial charge in [-0.1, -0.05) is 18.2 Å². The summed E-state index contributed by atoms with van der Waals surface area (Å²) in [7, 11) is -3.38. The second-order valence-electron chi connectivity index (χ2n) is 4.52. The Hall–Kier alpha value is -2.41.